The van der Waals surface area contributed by atoms with Crippen LogP contribution in [0.5, 0.6) is 0 Å². The van der Waals surface area contributed by atoms with Crippen molar-refractivity contribution in [1.29, 1.82) is 0 Å². The smallest absolute Gasteiger partial charge is 0.410 e. The van der Waals surface area contributed by atoms with E-state index in [1.54, 1.807) is 37.9 Å². The maximum atomic E-state index is 14.2. The van der Waals surface area contributed by atoms with Crippen molar-refractivity contribution in [2.24, 2.45) is 0 Å². The van der Waals surface area contributed by atoms with E-state index in [1.807, 2.05) is 119 Å². The molecule has 0 saturated heterocycles. The molecule has 4 amide bonds. The lowest BCUT2D eigenvalue weighted by Crippen LogP contribution is -2.47. The van der Waals surface area contributed by atoms with Gasteiger partial charge in [0.25, 0.3) is 5.91 Å². The van der Waals surface area contributed by atoms with Gasteiger partial charge in [-0.2, -0.15) is 0 Å². The summed E-state index contributed by atoms with van der Waals surface area (Å²) < 4.78 is 11.1. The Bertz CT molecular complexity index is 2150. The molecule has 4 aromatic carbocycles. The third-order valence-corrected chi connectivity index (χ3v) is 8.96. The van der Waals surface area contributed by atoms with E-state index in [2.05, 4.69) is 20.9 Å². The molecule has 0 unspecified atom stereocenters. The van der Waals surface area contributed by atoms with Gasteiger partial charge < -0.3 is 25.4 Å². The average molecular weight is 760 g/mol. The van der Waals surface area contributed by atoms with E-state index < -0.39 is 35.3 Å². The minimum absolute atomic E-state index is 0.204. The Kier molecular flexibility index (Phi) is 13.3. The number of carbonyl (C=O) groups is 4. The number of alkyl carbamates (subject to hydrolysis) is 1. The second-order valence-electron chi connectivity index (χ2n) is 15.9. The Morgan fingerprint density at radius 1 is 0.714 bits per heavy atom. The van der Waals surface area contributed by atoms with Crippen LogP contribution in [0.1, 0.15) is 94.5 Å². The summed E-state index contributed by atoms with van der Waals surface area (Å²) in [5.41, 5.74) is 1.50. The van der Waals surface area contributed by atoms with Crippen molar-refractivity contribution >= 4 is 45.5 Å². The third-order valence-electron chi connectivity index (χ3n) is 8.96. The summed E-state index contributed by atoms with van der Waals surface area (Å²) >= 11 is 0. The molecule has 5 rings (SSSR count). The van der Waals surface area contributed by atoms with E-state index in [0.717, 1.165) is 27.3 Å². The van der Waals surface area contributed by atoms with Gasteiger partial charge in [-0.25, -0.2) is 9.59 Å². The lowest BCUT2D eigenvalue weighted by atomic mass is 9.97. The molecule has 0 saturated carbocycles. The van der Waals surface area contributed by atoms with E-state index in [9.17, 15) is 19.2 Å². The van der Waals surface area contributed by atoms with Crippen LogP contribution in [0.4, 0.5) is 9.59 Å². The monoisotopic (exact) mass is 759 g/mol. The van der Waals surface area contributed by atoms with Gasteiger partial charge in [0, 0.05) is 18.3 Å². The van der Waals surface area contributed by atoms with Gasteiger partial charge in [0.2, 0.25) is 5.91 Å². The minimum atomic E-state index is -0.917. The molecule has 0 aliphatic carbocycles. The Morgan fingerprint density at radius 3 is 2.07 bits per heavy atom. The zero-order chi connectivity index (χ0) is 40.5. The maximum absolute atomic E-state index is 14.2. The van der Waals surface area contributed by atoms with Crippen molar-refractivity contribution in [2.45, 2.75) is 97.7 Å². The number of pyridine rings is 1. The van der Waals surface area contributed by atoms with Gasteiger partial charge in [0.05, 0.1) is 24.8 Å². The first-order valence-corrected chi connectivity index (χ1v) is 19.0. The van der Waals surface area contributed by atoms with Crippen LogP contribution in [0.2, 0.25) is 0 Å². The molecular weight excluding hydrogens is 707 g/mol. The van der Waals surface area contributed by atoms with Crippen LogP contribution in [0.25, 0.3) is 21.5 Å². The molecule has 1 heterocycles. The highest BCUT2D eigenvalue weighted by Crippen LogP contribution is 2.27. The van der Waals surface area contributed by atoms with Crippen molar-refractivity contribution in [3.8, 4) is 0 Å². The number of hydrogen-bond donors (Lipinski definition) is 3. The predicted octanol–water partition coefficient (Wildman–Crippen LogP) is 8.61. The number of rotatable bonds is 13. The highest BCUT2D eigenvalue weighted by molar-refractivity contribution is 6.09. The molecule has 11 nitrogen and oxygen atoms in total. The minimum Gasteiger partial charge on any atom is -0.444 e. The van der Waals surface area contributed by atoms with Crippen LogP contribution in [-0.4, -0.2) is 57.7 Å². The molecule has 0 radical (unpaired) electrons. The second kappa shape index (κ2) is 18.1. The fourth-order valence-electron chi connectivity index (χ4n) is 6.44. The van der Waals surface area contributed by atoms with E-state index in [4.69, 9.17) is 9.47 Å². The van der Waals surface area contributed by atoms with E-state index in [0.29, 0.717) is 23.1 Å². The molecule has 3 N–H and O–H groups in total. The Balaban J connectivity index is 1.38. The van der Waals surface area contributed by atoms with Crippen molar-refractivity contribution < 1.29 is 28.7 Å². The van der Waals surface area contributed by atoms with Gasteiger partial charge >= 0.3 is 12.2 Å². The summed E-state index contributed by atoms with van der Waals surface area (Å²) in [6, 6.07) is 29.3. The van der Waals surface area contributed by atoms with Gasteiger partial charge in [-0.05, 0) is 112 Å². The standard InChI is InChI=1S/C45H53N5O6/c1-30(34-22-14-17-31-16-8-9-19-35(31)34)48-41(52)39(23-15-27-47-42(53)55-44(2,3)4)49-40(51)38-25-24-32(36-20-10-11-21-37(36)38)28-50(43(54)56-45(5,6)7)29-33-18-12-13-26-46-33/h8-14,16-22,24-26,30,39H,15,23,27-29H2,1-7H3,(H,47,53)(H,48,52)(H,49,51)/t30-,39-/m0/s1. The van der Waals surface area contributed by atoms with Gasteiger partial charge in [-0.1, -0.05) is 78.9 Å². The summed E-state index contributed by atoms with van der Waals surface area (Å²) in [5, 5.41) is 12.4. The van der Waals surface area contributed by atoms with Crippen LogP contribution >= 0.6 is 0 Å². The Labute approximate surface area is 329 Å². The predicted molar refractivity (Wildman–Crippen MR) is 219 cm³/mol. The van der Waals surface area contributed by atoms with Crippen LogP contribution in [0, 0.1) is 0 Å². The van der Waals surface area contributed by atoms with Crippen molar-refractivity contribution in [1.82, 2.24) is 25.8 Å². The molecule has 0 aliphatic heterocycles. The second-order valence-corrected chi connectivity index (χ2v) is 15.9. The number of nitrogens with zero attached hydrogens (tertiary/aromatic N) is 2. The summed E-state index contributed by atoms with van der Waals surface area (Å²) in [7, 11) is 0. The van der Waals surface area contributed by atoms with Crippen LogP contribution < -0.4 is 16.0 Å². The van der Waals surface area contributed by atoms with Gasteiger partial charge in [-0.15, -0.1) is 0 Å². The first kappa shape index (κ1) is 41.2. The molecule has 11 heteroatoms. The number of hydrogen-bond acceptors (Lipinski definition) is 7. The molecule has 0 bridgehead atoms. The van der Waals surface area contributed by atoms with E-state index in [-0.39, 0.29) is 38.0 Å². The Morgan fingerprint density at radius 2 is 1.38 bits per heavy atom. The van der Waals surface area contributed by atoms with Gasteiger partial charge in [-0.3, -0.25) is 19.5 Å². The largest absolute Gasteiger partial charge is 0.444 e. The van der Waals surface area contributed by atoms with Crippen molar-refractivity contribution in [2.75, 3.05) is 6.54 Å². The summed E-state index contributed by atoms with van der Waals surface area (Å²) in [4.78, 5) is 59.9. The summed E-state index contributed by atoms with van der Waals surface area (Å²) in [6.07, 6.45) is 1.30. The number of ether oxygens (including phenoxy) is 2. The molecule has 5 aromatic rings. The Hall–Kier alpha value is -5.97. The van der Waals surface area contributed by atoms with Crippen molar-refractivity contribution in [3.63, 3.8) is 0 Å². The number of amides is 4. The fourth-order valence-corrected chi connectivity index (χ4v) is 6.44. The first-order valence-electron chi connectivity index (χ1n) is 19.0. The molecule has 56 heavy (non-hydrogen) atoms. The number of carbonyl (C=O) groups excluding carboxylic acids is 4. The highest BCUT2D eigenvalue weighted by atomic mass is 16.6. The normalized spacial score (nSPS) is 12.7. The molecule has 294 valence electrons. The lowest BCUT2D eigenvalue weighted by molar-refractivity contribution is -0.123. The highest BCUT2D eigenvalue weighted by Gasteiger charge is 2.27. The summed E-state index contributed by atoms with van der Waals surface area (Å²) in [5.74, 6) is -0.775. The number of benzene rings is 4. The average Bonchev–Trinajstić information content (AvgIpc) is 3.14. The van der Waals surface area contributed by atoms with Crippen LogP contribution in [0.15, 0.2) is 103 Å². The quantitative estimate of drug-likeness (QED) is 0.102. The first-order chi connectivity index (χ1) is 26.6. The lowest BCUT2D eigenvalue weighted by Gasteiger charge is -2.28. The number of fused-ring (bicyclic) bond motifs is 2. The molecular formula is C45H53N5O6. The van der Waals surface area contributed by atoms with E-state index in [1.165, 1.54) is 0 Å². The third kappa shape index (κ3) is 11.5. The van der Waals surface area contributed by atoms with E-state index >= 15 is 0 Å². The van der Waals surface area contributed by atoms with Crippen LogP contribution in [-0.2, 0) is 27.4 Å². The van der Waals surface area contributed by atoms with Crippen molar-refractivity contribution in [3.05, 3.63) is 126 Å². The number of nitrogens with one attached hydrogen (secondary N) is 3. The molecule has 2 atom stereocenters. The molecule has 0 spiro atoms. The zero-order valence-electron chi connectivity index (χ0n) is 33.3. The number of aromatic nitrogens is 1. The molecule has 0 fully saturated rings. The molecule has 1 aromatic heterocycles. The zero-order valence-corrected chi connectivity index (χ0v) is 33.3. The SMILES string of the molecule is C[C@H](NC(=O)[C@H](CCCNC(=O)OC(C)(C)C)NC(=O)c1ccc(CN(Cc2ccccn2)C(=O)OC(C)(C)C)c2ccccc12)c1cccc2ccccc12. The van der Waals surface area contributed by atoms with Gasteiger partial charge in [0.15, 0.2) is 0 Å². The van der Waals surface area contributed by atoms with Gasteiger partial charge in [0.1, 0.15) is 17.2 Å². The van der Waals surface area contributed by atoms with Crippen LogP contribution in [0.3, 0.4) is 0 Å². The fraction of sp³-hybridized carbons (Fsp3) is 0.356. The topological polar surface area (TPSA) is 139 Å². The summed E-state index contributed by atoms with van der Waals surface area (Å²) in [6.45, 7) is 13.4. The maximum Gasteiger partial charge on any atom is 0.410 e. The molecule has 0 aliphatic rings.